The molecule has 0 amide bonds. The number of hydrogen-bond acceptors (Lipinski definition) is 3. The number of carbonyl (C=O) groups is 1. The lowest BCUT2D eigenvalue weighted by atomic mass is 10.1. The Bertz CT molecular complexity index is 377. The second-order valence-electron chi connectivity index (χ2n) is 3.89. The van der Waals surface area contributed by atoms with E-state index in [1.54, 1.807) is 25.1 Å². The topological polar surface area (TPSA) is 69.6 Å². The van der Waals surface area contributed by atoms with Gasteiger partial charge in [-0.2, -0.15) is 0 Å². The highest BCUT2D eigenvalue weighted by Crippen LogP contribution is 2.16. The minimum Gasteiger partial charge on any atom is -0.478 e. The molecule has 0 fully saturated rings. The molecule has 0 bridgehead atoms. The summed E-state index contributed by atoms with van der Waals surface area (Å²) in [5, 5.41) is 20.8. The fourth-order valence-electron chi connectivity index (χ4n) is 1.54. The molecule has 88 valence electrons. The SMILES string of the molecule is Cc1cc(NC(C)CCO)ccc1C(=O)O. The molecule has 0 radical (unpaired) electrons. The van der Waals surface area contributed by atoms with E-state index in [0.717, 1.165) is 11.3 Å². The number of aliphatic hydroxyl groups excluding tert-OH is 1. The molecule has 4 nitrogen and oxygen atoms in total. The average Bonchev–Trinajstić information content (AvgIpc) is 2.17. The summed E-state index contributed by atoms with van der Waals surface area (Å²) in [7, 11) is 0. The Morgan fingerprint density at radius 2 is 2.19 bits per heavy atom. The van der Waals surface area contributed by atoms with Crippen LogP contribution < -0.4 is 5.32 Å². The normalized spacial score (nSPS) is 12.2. The maximum Gasteiger partial charge on any atom is 0.335 e. The van der Waals surface area contributed by atoms with Crippen LogP contribution in [0.5, 0.6) is 0 Å². The molecule has 0 aliphatic heterocycles. The van der Waals surface area contributed by atoms with Gasteiger partial charge in [0.15, 0.2) is 0 Å². The highest BCUT2D eigenvalue weighted by atomic mass is 16.4. The minimum absolute atomic E-state index is 0.139. The number of aromatic carboxylic acids is 1. The third-order valence-electron chi connectivity index (χ3n) is 2.43. The summed E-state index contributed by atoms with van der Waals surface area (Å²) in [6.45, 7) is 3.88. The van der Waals surface area contributed by atoms with Crippen LogP contribution in [0.3, 0.4) is 0 Å². The molecule has 1 atom stereocenters. The van der Waals surface area contributed by atoms with Crippen LogP contribution in [0.4, 0.5) is 5.69 Å². The van der Waals surface area contributed by atoms with Gasteiger partial charge in [0.25, 0.3) is 0 Å². The summed E-state index contributed by atoms with van der Waals surface area (Å²) in [6, 6.07) is 5.30. The quantitative estimate of drug-likeness (QED) is 0.712. The largest absolute Gasteiger partial charge is 0.478 e. The molecular weight excluding hydrogens is 206 g/mol. The first-order valence-electron chi connectivity index (χ1n) is 5.26. The molecule has 0 spiro atoms. The van der Waals surface area contributed by atoms with Crippen molar-refractivity contribution in [3.8, 4) is 0 Å². The predicted molar refractivity (Wildman–Crippen MR) is 62.9 cm³/mol. The molecule has 1 unspecified atom stereocenters. The van der Waals surface area contributed by atoms with Crippen molar-refractivity contribution in [3.05, 3.63) is 29.3 Å². The molecule has 0 heterocycles. The molecule has 16 heavy (non-hydrogen) atoms. The summed E-state index contributed by atoms with van der Waals surface area (Å²) in [5.74, 6) is -0.910. The number of rotatable bonds is 5. The number of benzene rings is 1. The zero-order valence-electron chi connectivity index (χ0n) is 9.53. The Morgan fingerprint density at radius 3 is 2.69 bits per heavy atom. The highest BCUT2D eigenvalue weighted by molar-refractivity contribution is 5.89. The standard InChI is InChI=1S/C12H17NO3/c1-8-7-10(13-9(2)5-6-14)3-4-11(8)12(15)16/h3-4,7,9,13-14H,5-6H2,1-2H3,(H,15,16). The molecule has 1 aromatic rings. The average molecular weight is 223 g/mol. The van der Waals surface area contributed by atoms with Crippen LogP contribution in [-0.2, 0) is 0 Å². The smallest absolute Gasteiger partial charge is 0.335 e. The van der Waals surface area contributed by atoms with Gasteiger partial charge in [-0.05, 0) is 44.0 Å². The molecule has 4 heteroatoms. The van der Waals surface area contributed by atoms with E-state index < -0.39 is 5.97 Å². The van der Waals surface area contributed by atoms with Gasteiger partial charge in [0.05, 0.1) is 5.56 Å². The van der Waals surface area contributed by atoms with Crippen molar-refractivity contribution in [2.75, 3.05) is 11.9 Å². The van der Waals surface area contributed by atoms with Gasteiger partial charge in [-0.1, -0.05) is 0 Å². The molecule has 1 rings (SSSR count). The van der Waals surface area contributed by atoms with Crippen molar-refractivity contribution in [2.24, 2.45) is 0 Å². The van der Waals surface area contributed by atoms with E-state index in [1.165, 1.54) is 0 Å². The lowest BCUT2D eigenvalue weighted by Gasteiger charge is -2.14. The molecule has 0 aliphatic rings. The number of carboxylic acid groups (broad SMARTS) is 1. The zero-order valence-corrected chi connectivity index (χ0v) is 9.53. The molecule has 1 aromatic carbocycles. The monoisotopic (exact) mass is 223 g/mol. The van der Waals surface area contributed by atoms with Crippen LogP contribution >= 0.6 is 0 Å². The second-order valence-corrected chi connectivity index (χ2v) is 3.89. The van der Waals surface area contributed by atoms with E-state index in [4.69, 9.17) is 10.2 Å². The molecule has 0 aliphatic carbocycles. The predicted octanol–water partition coefficient (Wildman–Crippen LogP) is 1.88. The first kappa shape index (κ1) is 12.5. The minimum atomic E-state index is -0.910. The first-order chi connectivity index (χ1) is 7.54. The number of nitrogens with one attached hydrogen (secondary N) is 1. The van der Waals surface area contributed by atoms with Crippen LogP contribution in [0.15, 0.2) is 18.2 Å². The highest BCUT2D eigenvalue weighted by Gasteiger charge is 2.08. The Kier molecular flexibility index (Phi) is 4.31. The summed E-state index contributed by atoms with van der Waals surface area (Å²) in [4.78, 5) is 10.8. The van der Waals surface area contributed by atoms with E-state index in [-0.39, 0.29) is 12.6 Å². The van der Waals surface area contributed by atoms with Crippen molar-refractivity contribution in [3.63, 3.8) is 0 Å². The van der Waals surface area contributed by atoms with Crippen molar-refractivity contribution < 1.29 is 15.0 Å². The van der Waals surface area contributed by atoms with Crippen LogP contribution in [0, 0.1) is 6.92 Å². The first-order valence-corrected chi connectivity index (χ1v) is 5.26. The molecule has 0 saturated carbocycles. The van der Waals surface area contributed by atoms with Crippen LogP contribution in [0.1, 0.15) is 29.3 Å². The summed E-state index contributed by atoms with van der Waals surface area (Å²) < 4.78 is 0. The lowest BCUT2D eigenvalue weighted by molar-refractivity contribution is 0.0696. The fraction of sp³-hybridized carbons (Fsp3) is 0.417. The van der Waals surface area contributed by atoms with Gasteiger partial charge in [-0.15, -0.1) is 0 Å². The summed E-state index contributed by atoms with van der Waals surface area (Å²) >= 11 is 0. The van der Waals surface area contributed by atoms with Crippen molar-refractivity contribution in [2.45, 2.75) is 26.3 Å². The number of aryl methyl sites for hydroxylation is 1. The maximum atomic E-state index is 10.8. The fourth-order valence-corrected chi connectivity index (χ4v) is 1.54. The Balaban J connectivity index is 2.77. The van der Waals surface area contributed by atoms with Crippen LogP contribution in [0.2, 0.25) is 0 Å². The zero-order chi connectivity index (χ0) is 12.1. The molecule has 3 N–H and O–H groups in total. The Labute approximate surface area is 94.9 Å². The van der Waals surface area contributed by atoms with Crippen molar-refractivity contribution in [1.29, 1.82) is 0 Å². The number of hydrogen-bond donors (Lipinski definition) is 3. The van der Waals surface area contributed by atoms with E-state index in [1.807, 2.05) is 6.92 Å². The van der Waals surface area contributed by atoms with Gasteiger partial charge >= 0.3 is 5.97 Å². The van der Waals surface area contributed by atoms with Crippen molar-refractivity contribution in [1.82, 2.24) is 0 Å². The van der Waals surface area contributed by atoms with Gasteiger partial charge in [0.2, 0.25) is 0 Å². The maximum absolute atomic E-state index is 10.8. The second kappa shape index (κ2) is 5.51. The van der Waals surface area contributed by atoms with Gasteiger partial charge in [0.1, 0.15) is 0 Å². The van der Waals surface area contributed by atoms with Gasteiger partial charge < -0.3 is 15.5 Å². The van der Waals surface area contributed by atoms with Gasteiger partial charge in [0, 0.05) is 18.3 Å². The van der Waals surface area contributed by atoms with Crippen LogP contribution in [0.25, 0.3) is 0 Å². The Hall–Kier alpha value is -1.55. The molecule has 0 saturated heterocycles. The van der Waals surface area contributed by atoms with E-state index in [0.29, 0.717) is 12.0 Å². The lowest BCUT2D eigenvalue weighted by Crippen LogP contribution is -2.16. The van der Waals surface area contributed by atoms with E-state index in [2.05, 4.69) is 5.32 Å². The third kappa shape index (κ3) is 3.24. The van der Waals surface area contributed by atoms with Gasteiger partial charge in [-0.25, -0.2) is 4.79 Å². The number of carboxylic acids is 1. The van der Waals surface area contributed by atoms with Crippen LogP contribution in [-0.4, -0.2) is 28.8 Å². The molecule has 0 aromatic heterocycles. The molecular formula is C12H17NO3. The summed E-state index contributed by atoms with van der Waals surface area (Å²) in [6.07, 6.45) is 0.666. The van der Waals surface area contributed by atoms with Crippen molar-refractivity contribution >= 4 is 11.7 Å². The van der Waals surface area contributed by atoms with E-state index >= 15 is 0 Å². The third-order valence-corrected chi connectivity index (χ3v) is 2.43. The Morgan fingerprint density at radius 1 is 1.50 bits per heavy atom. The number of anilines is 1. The summed E-state index contributed by atoms with van der Waals surface area (Å²) in [5.41, 5.74) is 1.93. The van der Waals surface area contributed by atoms with E-state index in [9.17, 15) is 4.79 Å². The van der Waals surface area contributed by atoms with Gasteiger partial charge in [-0.3, -0.25) is 0 Å². The number of aliphatic hydroxyl groups is 1.